The second-order valence-electron chi connectivity index (χ2n) is 4.02. The van der Waals surface area contributed by atoms with E-state index >= 15 is 0 Å². The van der Waals surface area contributed by atoms with E-state index in [2.05, 4.69) is 6.07 Å². The van der Waals surface area contributed by atoms with Gasteiger partial charge < -0.3 is 4.40 Å². The lowest BCUT2D eigenvalue weighted by Crippen LogP contribution is -1.84. The largest absolute Gasteiger partial charge is 0.310 e. The molecule has 2 aromatic heterocycles. The number of nitriles is 1. The molecular formula is C15H9ClN2S. The Morgan fingerprint density at radius 2 is 1.89 bits per heavy atom. The zero-order valence-electron chi connectivity index (χ0n) is 9.88. The molecule has 3 rings (SSSR count). The molecule has 0 saturated heterocycles. The molecule has 0 unspecified atom stereocenters. The fourth-order valence-corrected chi connectivity index (χ4v) is 2.99. The van der Waals surface area contributed by atoms with E-state index in [1.54, 1.807) is 11.8 Å². The lowest BCUT2D eigenvalue weighted by Gasteiger charge is -2.02. The van der Waals surface area contributed by atoms with Gasteiger partial charge >= 0.3 is 0 Å². The Hall–Kier alpha value is -1.89. The number of halogens is 1. The van der Waals surface area contributed by atoms with Crippen molar-refractivity contribution >= 4 is 28.9 Å². The summed E-state index contributed by atoms with van der Waals surface area (Å²) in [5.41, 5.74) is 1.62. The van der Waals surface area contributed by atoms with E-state index in [1.165, 1.54) is 0 Å². The van der Waals surface area contributed by atoms with Crippen LogP contribution in [-0.4, -0.2) is 4.40 Å². The van der Waals surface area contributed by atoms with Crippen LogP contribution in [0.4, 0.5) is 0 Å². The molecule has 92 valence electrons. The summed E-state index contributed by atoms with van der Waals surface area (Å²) in [7, 11) is 0. The summed E-state index contributed by atoms with van der Waals surface area (Å²) < 4.78 is 2.03. The third-order valence-corrected chi connectivity index (χ3v) is 4.08. The fourth-order valence-electron chi connectivity index (χ4n) is 1.91. The molecule has 0 radical (unpaired) electrons. The van der Waals surface area contributed by atoms with E-state index in [-0.39, 0.29) is 0 Å². The van der Waals surface area contributed by atoms with Crippen molar-refractivity contribution in [2.24, 2.45) is 0 Å². The molecule has 0 saturated carbocycles. The standard InChI is InChI=1S/C15H9ClN2S/c16-12-4-6-13(7-5-12)19-15-9-11(10-17)14-3-1-2-8-18(14)15/h1-9H. The van der Waals surface area contributed by atoms with Crippen LogP contribution in [0.3, 0.4) is 0 Å². The quantitative estimate of drug-likeness (QED) is 0.687. The third kappa shape index (κ3) is 2.33. The van der Waals surface area contributed by atoms with Crippen molar-refractivity contribution in [3.63, 3.8) is 0 Å². The van der Waals surface area contributed by atoms with Crippen molar-refractivity contribution in [2.45, 2.75) is 9.92 Å². The zero-order chi connectivity index (χ0) is 13.2. The molecule has 3 aromatic rings. The Balaban J connectivity index is 2.06. The Labute approximate surface area is 120 Å². The van der Waals surface area contributed by atoms with Gasteiger partial charge in [0.25, 0.3) is 0 Å². The van der Waals surface area contributed by atoms with Gasteiger partial charge in [-0.25, -0.2) is 0 Å². The molecule has 0 amide bonds. The maximum atomic E-state index is 9.16. The number of aromatic nitrogens is 1. The van der Waals surface area contributed by atoms with Gasteiger partial charge in [-0.15, -0.1) is 0 Å². The highest BCUT2D eigenvalue weighted by Crippen LogP contribution is 2.31. The molecule has 2 nitrogen and oxygen atoms in total. The number of rotatable bonds is 2. The molecular weight excluding hydrogens is 276 g/mol. The number of fused-ring (bicyclic) bond motifs is 1. The number of pyridine rings is 1. The Morgan fingerprint density at radius 1 is 1.11 bits per heavy atom. The van der Waals surface area contributed by atoms with Crippen LogP contribution in [0.15, 0.2) is 64.6 Å². The van der Waals surface area contributed by atoms with Crippen molar-refractivity contribution in [2.75, 3.05) is 0 Å². The molecule has 0 fully saturated rings. The van der Waals surface area contributed by atoms with Crippen LogP contribution in [0.25, 0.3) is 5.52 Å². The van der Waals surface area contributed by atoms with Crippen LogP contribution >= 0.6 is 23.4 Å². The van der Waals surface area contributed by atoms with Crippen LogP contribution < -0.4 is 0 Å². The van der Waals surface area contributed by atoms with Crippen LogP contribution in [0.1, 0.15) is 5.56 Å². The van der Waals surface area contributed by atoms with Gasteiger partial charge in [0.1, 0.15) is 6.07 Å². The van der Waals surface area contributed by atoms with Crippen LogP contribution in [0.5, 0.6) is 0 Å². The number of hydrogen-bond donors (Lipinski definition) is 0. The molecule has 0 N–H and O–H groups in total. The highest BCUT2D eigenvalue weighted by Gasteiger charge is 2.09. The van der Waals surface area contributed by atoms with E-state index in [9.17, 15) is 0 Å². The normalized spacial score (nSPS) is 10.5. The van der Waals surface area contributed by atoms with E-state index in [4.69, 9.17) is 16.9 Å². The molecule has 2 heterocycles. The molecule has 0 aliphatic rings. The molecule has 0 bridgehead atoms. The summed E-state index contributed by atoms with van der Waals surface area (Å²) >= 11 is 7.49. The van der Waals surface area contributed by atoms with Crippen LogP contribution in [0, 0.1) is 11.3 Å². The van der Waals surface area contributed by atoms with Gasteiger partial charge in [0, 0.05) is 16.1 Å². The van der Waals surface area contributed by atoms with E-state index in [0.29, 0.717) is 5.56 Å². The van der Waals surface area contributed by atoms with Gasteiger partial charge in [0.05, 0.1) is 16.1 Å². The van der Waals surface area contributed by atoms with Gasteiger partial charge in [-0.3, -0.25) is 0 Å². The zero-order valence-corrected chi connectivity index (χ0v) is 11.4. The summed E-state index contributed by atoms with van der Waals surface area (Å²) in [6.45, 7) is 0. The molecule has 0 aliphatic heterocycles. The summed E-state index contributed by atoms with van der Waals surface area (Å²) in [4.78, 5) is 1.09. The van der Waals surface area contributed by atoms with Crippen molar-refractivity contribution < 1.29 is 0 Å². The van der Waals surface area contributed by atoms with Crippen molar-refractivity contribution in [1.29, 1.82) is 5.26 Å². The Kier molecular flexibility index (Phi) is 3.20. The molecule has 1 aromatic carbocycles. The van der Waals surface area contributed by atoms with Crippen molar-refractivity contribution in [3.05, 3.63) is 65.3 Å². The van der Waals surface area contributed by atoms with Gasteiger partial charge in [0.15, 0.2) is 0 Å². The predicted octanol–water partition coefficient (Wildman–Crippen LogP) is 4.62. The van der Waals surface area contributed by atoms with Crippen molar-refractivity contribution in [1.82, 2.24) is 4.40 Å². The lowest BCUT2D eigenvalue weighted by molar-refractivity contribution is 1.05. The maximum absolute atomic E-state index is 9.16. The average molecular weight is 285 g/mol. The summed E-state index contributed by atoms with van der Waals surface area (Å²) in [6.07, 6.45) is 1.97. The maximum Gasteiger partial charge on any atom is 0.101 e. The monoisotopic (exact) mass is 284 g/mol. The molecule has 4 heteroatoms. The number of benzene rings is 1. The van der Waals surface area contributed by atoms with Crippen molar-refractivity contribution in [3.8, 4) is 6.07 Å². The smallest absolute Gasteiger partial charge is 0.101 e. The topological polar surface area (TPSA) is 28.2 Å². The fraction of sp³-hybridized carbons (Fsp3) is 0. The van der Waals surface area contributed by atoms with Crippen LogP contribution in [-0.2, 0) is 0 Å². The first kappa shape index (κ1) is 12.2. The highest BCUT2D eigenvalue weighted by molar-refractivity contribution is 7.99. The summed E-state index contributed by atoms with van der Waals surface area (Å²) in [6, 6.07) is 17.7. The molecule has 19 heavy (non-hydrogen) atoms. The SMILES string of the molecule is N#Cc1cc(Sc2ccc(Cl)cc2)n2ccccc12. The van der Waals surface area contributed by atoms with Gasteiger partial charge in [-0.1, -0.05) is 29.4 Å². The lowest BCUT2D eigenvalue weighted by atomic mass is 10.3. The minimum absolute atomic E-state index is 0.692. The van der Waals surface area contributed by atoms with Gasteiger partial charge in [-0.2, -0.15) is 5.26 Å². The summed E-state index contributed by atoms with van der Waals surface area (Å²) in [5.74, 6) is 0. The van der Waals surface area contributed by atoms with E-state index < -0.39 is 0 Å². The average Bonchev–Trinajstić information content (AvgIpc) is 2.80. The van der Waals surface area contributed by atoms with E-state index in [1.807, 2.05) is 59.1 Å². The van der Waals surface area contributed by atoms with E-state index in [0.717, 1.165) is 20.5 Å². The minimum Gasteiger partial charge on any atom is -0.310 e. The summed E-state index contributed by atoms with van der Waals surface area (Å²) in [5, 5.41) is 10.9. The number of hydrogen-bond acceptors (Lipinski definition) is 2. The predicted molar refractivity (Wildman–Crippen MR) is 77.7 cm³/mol. The van der Waals surface area contributed by atoms with Gasteiger partial charge in [0.2, 0.25) is 0 Å². The minimum atomic E-state index is 0.692. The Morgan fingerprint density at radius 3 is 2.63 bits per heavy atom. The molecule has 0 atom stereocenters. The van der Waals surface area contributed by atoms with Crippen LogP contribution in [0.2, 0.25) is 5.02 Å². The van der Waals surface area contributed by atoms with Gasteiger partial charge in [-0.05, 0) is 42.5 Å². The first-order valence-electron chi connectivity index (χ1n) is 5.71. The first-order valence-corrected chi connectivity index (χ1v) is 6.91. The second kappa shape index (κ2) is 5.00. The molecule has 0 spiro atoms. The first-order chi connectivity index (χ1) is 9.28. The molecule has 0 aliphatic carbocycles. The number of nitrogens with zero attached hydrogens (tertiary/aromatic N) is 2. The second-order valence-corrected chi connectivity index (χ2v) is 5.55. The third-order valence-electron chi connectivity index (χ3n) is 2.80. The Bertz CT molecular complexity index is 769. The highest BCUT2D eigenvalue weighted by atomic mass is 35.5.